The Balaban J connectivity index is 3.44. The van der Waals surface area contributed by atoms with Crippen molar-refractivity contribution < 1.29 is 20.8 Å². The minimum absolute atomic E-state index is 0.132. The Kier molecular flexibility index (Phi) is 3.56. The minimum atomic E-state index is -4.33. The van der Waals surface area contributed by atoms with E-state index in [0.29, 0.717) is 5.75 Å². The Bertz CT molecular complexity index is 453. The van der Waals surface area contributed by atoms with Crippen LogP contribution in [0, 0.1) is 3.57 Å². The Labute approximate surface area is 91.5 Å². The molecular weight excluding hydrogens is 323 g/mol. The molecule has 0 heterocycles. The molecule has 0 amide bonds. The summed E-state index contributed by atoms with van der Waals surface area (Å²) in [6, 6.07) is 3.99. The number of ether oxygens (including phenoxy) is 1. The van der Waals surface area contributed by atoms with Gasteiger partial charge in [-0.05, 0) is 12.1 Å². The molecule has 0 aliphatic rings. The van der Waals surface area contributed by atoms with Gasteiger partial charge in [0.05, 0.1) is 10.7 Å². The van der Waals surface area contributed by atoms with Crippen molar-refractivity contribution in [3.63, 3.8) is 0 Å². The van der Waals surface area contributed by atoms with Crippen LogP contribution in [0.1, 0.15) is 0 Å². The topological polar surface area (TPSA) is 80.7 Å². The molecule has 0 atom stereocenters. The van der Waals surface area contributed by atoms with Crippen molar-refractivity contribution in [2.45, 2.75) is 4.90 Å². The third-order valence-corrected chi connectivity index (χ3v) is 4.17. The number of halogens is 1. The molecule has 0 fully saturated rings. The summed E-state index contributed by atoms with van der Waals surface area (Å²) in [5, 5.41) is 0. The van der Waals surface area contributed by atoms with Gasteiger partial charge in [0.1, 0.15) is 10.6 Å². The molecule has 0 spiro atoms. The summed E-state index contributed by atoms with van der Waals surface area (Å²) in [4.78, 5) is -0.348. The molecule has 0 radical (unpaired) electrons. The molecule has 5 nitrogen and oxygen atoms in total. The second-order valence-electron chi connectivity index (χ2n) is 2.35. The van der Waals surface area contributed by atoms with Crippen molar-refractivity contribution in [2.24, 2.45) is 0 Å². The first-order valence-electron chi connectivity index (χ1n) is 3.41. The van der Waals surface area contributed by atoms with E-state index in [-0.39, 0.29) is 8.47 Å². The normalized spacial score (nSPS) is 11.3. The minimum Gasteiger partial charge on any atom is -0.497 e. The molecule has 0 aromatic heterocycles. The van der Waals surface area contributed by atoms with E-state index in [1.165, 1.54) is 19.2 Å². The zero-order valence-electron chi connectivity index (χ0n) is 7.10. The Morgan fingerprint density at radius 3 is 2.50 bits per heavy atom. The van der Waals surface area contributed by atoms with Crippen LogP contribution >= 0.6 is 21.2 Å². The molecule has 0 unspecified atom stereocenters. The first-order chi connectivity index (χ1) is 6.49. The van der Waals surface area contributed by atoms with E-state index >= 15 is 0 Å². The summed E-state index contributed by atoms with van der Waals surface area (Å²) in [6.07, 6.45) is 0. The molecule has 0 aliphatic heterocycles. The van der Waals surface area contributed by atoms with Gasteiger partial charge >= 0.3 is 0 Å². The fraction of sp³-hybridized carbons (Fsp3) is 0.143. The molecule has 1 rings (SSSR count). The lowest BCUT2D eigenvalue weighted by molar-refractivity contribution is 0.412. The van der Waals surface area contributed by atoms with E-state index in [0.717, 1.165) is 6.07 Å². The van der Waals surface area contributed by atoms with Crippen LogP contribution < -0.4 is 4.74 Å². The van der Waals surface area contributed by atoms with Gasteiger partial charge in [0.2, 0.25) is 0 Å². The van der Waals surface area contributed by atoms with Crippen molar-refractivity contribution in [1.82, 2.24) is 0 Å². The fourth-order valence-corrected chi connectivity index (χ4v) is 3.20. The average Bonchev–Trinajstić information content (AvgIpc) is 2.15. The molecule has 0 saturated heterocycles. The summed E-state index contributed by atoms with van der Waals surface area (Å²) >= 11 is -1.64. The zero-order valence-corrected chi connectivity index (χ0v) is 10.1. The summed E-state index contributed by atoms with van der Waals surface area (Å²) in [5.41, 5.74) is 0. The number of rotatable bonds is 3. The lowest BCUT2D eigenvalue weighted by atomic mass is 10.3. The SMILES string of the molecule is COc1ccc(I=O)c(S(=O)(=O)O)c1. The predicted octanol–water partition coefficient (Wildman–Crippen LogP) is 1.43. The van der Waals surface area contributed by atoms with Gasteiger partial charge in [0.15, 0.2) is 21.2 Å². The van der Waals surface area contributed by atoms with E-state index in [1.54, 1.807) is 0 Å². The van der Waals surface area contributed by atoms with E-state index in [1.807, 2.05) is 0 Å². The van der Waals surface area contributed by atoms with Gasteiger partial charge in [-0.15, -0.1) is 0 Å². The predicted molar refractivity (Wildman–Crippen MR) is 56.2 cm³/mol. The summed E-state index contributed by atoms with van der Waals surface area (Å²) in [7, 11) is -2.96. The highest BCUT2D eigenvalue weighted by Crippen LogP contribution is 2.25. The smallest absolute Gasteiger partial charge is 0.295 e. The van der Waals surface area contributed by atoms with E-state index in [9.17, 15) is 11.5 Å². The zero-order chi connectivity index (χ0) is 10.8. The van der Waals surface area contributed by atoms with Gasteiger partial charge in [0.25, 0.3) is 10.1 Å². The second kappa shape index (κ2) is 4.32. The molecule has 0 bridgehead atoms. The third kappa shape index (κ3) is 2.49. The maximum Gasteiger partial charge on any atom is 0.295 e. The Morgan fingerprint density at radius 1 is 1.43 bits per heavy atom. The molecule has 1 N–H and O–H groups in total. The van der Waals surface area contributed by atoms with E-state index in [4.69, 9.17) is 9.29 Å². The van der Waals surface area contributed by atoms with Crippen molar-refractivity contribution in [3.05, 3.63) is 21.8 Å². The first-order valence-corrected chi connectivity index (χ1v) is 6.81. The van der Waals surface area contributed by atoms with Gasteiger partial charge in [0, 0.05) is 6.07 Å². The molecule has 14 heavy (non-hydrogen) atoms. The number of hydrogen-bond donors (Lipinski definition) is 1. The van der Waals surface area contributed by atoms with Crippen molar-refractivity contribution in [3.8, 4) is 5.75 Å². The van der Waals surface area contributed by atoms with Gasteiger partial charge < -0.3 is 4.74 Å². The van der Waals surface area contributed by atoms with Crippen molar-refractivity contribution in [1.29, 1.82) is 0 Å². The van der Waals surface area contributed by atoms with Crippen LogP contribution in [0.15, 0.2) is 23.1 Å². The fourth-order valence-electron chi connectivity index (χ4n) is 0.872. The molecule has 0 aliphatic carbocycles. The van der Waals surface area contributed by atoms with Crippen molar-refractivity contribution in [2.75, 3.05) is 7.11 Å². The molecule has 0 saturated carbocycles. The second-order valence-corrected chi connectivity index (χ2v) is 5.34. The van der Waals surface area contributed by atoms with Crippen LogP contribution in [0.4, 0.5) is 0 Å². The highest BCUT2D eigenvalue weighted by atomic mass is 127. The average molecular weight is 330 g/mol. The Morgan fingerprint density at radius 2 is 2.07 bits per heavy atom. The summed E-state index contributed by atoms with van der Waals surface area (Å²) in [6.45, 7) is 0. The van der Waals surface area contributed by atoms with Gasteiger partial charge in [-0.25, -0.2) is 0 Å². The first kappa shape index (κ1) is 11.5. The van der Waals surface area contributed by atoms with Gasteiger partial charge in [-0.2, -0.15) is 8.42 Å². The number of hydrogen-bond acceptors (Lipinski definition) is 4. The molecule has 1 aromatic rings. The molecule has 7 heteroatoms. The maximum atomic E-state index is 10.9. The largest absolute Gasteiger partial charge is 0.497 e. The molecule has 78 valence electrons. The van der Waals surface area contributed by atoms with Crippen LogP contribution in [0.2, 0.25) is 0 Å². The Hall–Kier alpha value is -0.540. The van der Waals surface area contributed by atoms with E-state index < -0.39 is 31.3 Å². The number of benzene rings is 1. The van der Waals surface area contributed by atoms with Gasteiger partial charge in [-0.3, -0.25) is 7.62 Å². The highest BCUT2D eigenvalue weighted by Gasteiger charge is 2.16. The quantitative estimate of drug-likeness (QED) is 0.670. The highest BCUT2D eigenvalue weighted by molar-refractivity contribution is 14.1. The van der Waals surface area contributed by atoms with Crippen LogP contribution in [-0.4, -0.2) is 20.1 Å². The molecule has 1 aromatic carbocycles. The van der Waals surface area contributed by atoms with Crippen LogP contribution in [0.3, 0.4) is 0 Å². The lowest BCUT2D eigenvalue weighted by Crippen LogP contribution is -2.01. The van der Waals surface area contributed by atoms with Gasteiger partial charge in [-0.1, -0.05) is 0 Å². The summed E-state index contributed by atoms with van der Waals surface area (Å²) < 4.78 is 46.1. The van der Waals surface area contributed by atoms with Crippen LogP contribution in [-0.2, 0) is 13.2 Å². The standard InChI is InChI=1S/C7H7IO5S/c1-13-5-2-3-6(8-9)7(4-5)14(10,11)12/h2-4H,1H3,(H,10,11,12). The monoisotopic (exact) mass is 330 g/mol. The maximum absolute atomic E-state index is 10.9. The third-order valence-electron chi connectivity index (χ3n) is 1.50. The number of methoxy groups -OCH3 is 1. The van der Waals surface area contributed by atoms with Crippen LogP contribution in [0.25, 0.3) is 0 Å². The summed E-state index contributed by atoms with van der Waals surface area (Å²) in [5.74, 6) is 0.291. The lowest BCUT2D eigenvalue weighted by Gasteiger charge is -2.03. The van der Waals surface area contributed by atoms with E-state index in [2.05, 4.69) is 0 Å². The molecular formula is C7H7IO5S. The van der Waals surface area contributed by atoms with Crippen molar-refractivity contribution >= 4 is 31.3 Å². The van der Waals surface area contributed by atoms with Crippen LogP contribution in [0.5, 0.6) is 5.75 Å².